The van der Waals surface area contributed by atoms with Crippen molar-refractivity contribution in [3.8, 4) is 11.4 Å². The third-order valence-electron chi connectivity index (χ3n) is 3.80. The summed E-state index contributed by atoms with van der Waals surface area (Å²) in [4.78, 5) is 13.4. The molecule has 0 bridgehead atoms. The van der Waals surface area contributed by atoms with Crippen LogP contribution in [0.1, 0.15) is 30.7 Å². The van der Waals surface area contributed by atoms with Gasteiger partial charge in [-0.1, -0.05) is 36.9 Å². The molecular formula is C16H20N6OS3. The highest BCUT2D eigenvalue weighted by Gasteiger charge is 2.19. The average molecular weight is 409 g/mol. The van der Waals surface area contributed by atoms with Gasteiger partial charge in [0.2, 0.25) is 11.0 Å². The maximum Gasteiger partial charge on any atom is 0.236 e. The Morgan fingerprint density at radius 3 is 2.81 bits per heavy atom. The highest BCUT2D eigenvalue weighted by atomic mass is 32.2. The van der Waals surface area contributed by atoms with Gasteiger partial charge in [0.25, 0.3) is 0 Å². The van der Waals surface area contributed by atoms with Gasteiger partial charge in [0.15, 0.2) is 11.0 Å². The van der Waals surface area contributed by atoms with Gasteiger partial charge >= 0.3 is 0 Å². The van der Waals surface area contributed by atoms with Crippen LogP contribution in [-0.4, -0.2) is 36.6 Å². The molecule has 3 aromatic rings. The number of thioether (sulfide) groups is 1. The summed E-state index contributed by atoms with van der Waals surface area (Å²) in [6.45, 7) is 7.24. The zero-order valence-electron chi connectivity index (χ0n) is 14.9. The fourth-order valence-electron chi connectivity index (χ4n) is 2.64. The van der Waals surface area contributed by atoms with E-state index in [4.69, 9.17) is 0 Å². The Kier molecular flexibility index (Phi) is 6.38. The molecule has 10 heteroatoms. The number of nitrogens with one attached hydrogen (secondary N) is 1. The minimum atomic E-state index is -0.125. The van der Waals surface area contributed by atoms with Crippen LogP contribution in [0.4, 0.5) is 5.13 Å². The largest absolute Gasteiger partial charge is 0.302 e. The Hall–Kier alpha value is -1.78. The van der Waals surface area contributed by atoms with E-state index in [9.17, 15) is 4.79 Å². The lowest BCUT2D eigenvalue weighted by Crippen LogP contribution is -2.14. The van der Waals surface area contributed by atoms with Crippen molar-refractivity contribution < 1.29 is 4.79 Å². The minimum absolute atomic E-state index is 0.125. The molecule has 1 amide bonds. The van der Waals surface area contributed by atoms with Crippen LogP contribution in [0.2, 0.25) is 0 Å². The van der Waals surface area contributed by atoms with Crippen LogP contribution < -0.4 is 5.32 Å². The lowest BCUT2D eigenvalue weighted by atomic mass is 10.1. The lowest BCUT2D eigenvalue weighted by Gasteiger charge is -2.09. The second kappa shape index (κ2) is 8.74. The molecule has 0 aliphatic carbocycles. The molecule has 0 aromatic carbocycles. The number of anilines is 1. The van der Waals surface area contributed by atoms with Crippen LogP contribution in [-0.2, 0) is 17.8 Å². The summed E-state index contributed by atoms with van der Waals surface area (Å²) >= 11 is 4.43. The Bertz CT molecular complexity index is 871. The molecule has 0 spiro atoms. The van der Waals surface area contributed by atoms with Gasteiger partial charge in [0.05, 0.1) is 5.75 Å². The maximum absolute atomic E-state index is 12.1. The standard InChI is InChI=1S/C16H20N6OS3/c1-4-6-22-14(12-7-24-10(3)11(12)5-2)19-21-16(22)25-8-13(23)18-15-20-17-9-26-15/h7,9H,4-6,8H2,1-3H3,(H,18,20,23). The van der Waals surface area contributed by atoms with Gasteiger partial charge in [0, 0.05) is 22.4 Å². The number of rotatable bonds is 8. The molecule has 0 fully saturated rings. The van der Waals surface area contributed by atoms with Crippen molar-refractivity contribution in [3.63, 3.8) is 0 Å². The number of aryl methyl sites for hydroxylation is 1. The summed E-state index contributed by atoms with van der Waals surface area (Å²) in [7, 11) is 0. The predicted octanol–water partition coefficient (Wildman–Crippen LogP) is 3.87. The molecule has 0 atom stereocenters. The van der Waals surface area contributed by atoms with Crippen molar-refractivity contribution in [2.24, 2.45) is 0 Å². The van der Waals surface area contributed by atoms with Crippen LogP contribution in [0.3, 0.4) is 0 Å². The monoisotopic (exact) mass is 408 g/mol. The third-order valence-corrected chi connectivity index (χ3v) is 6.33. The average Bonchev–Trinajstić information content (AvgIpc) is 3.34. The summed E-state index contributed by atoms with van der Waals surface area (Å²) in [5.41, 5.74) is 4.06. The second-order valence-corrected chi connectivity index (χ2v) is 8.44. The Labute approximate surface area is 164 Å². The number of carbonyl (C=O) groups excluding carboxylic acids is 1. The predicted molar refractivity (Wildman–Crippen MR) is 107 cm³/mol. The van der Waals surface area contributed by atoms with Gasteiger partial charge in [-0.05, 0) is 25.3 Å². The first-order valence-corrected chi connectivity index (χ1v) is 11.1. The van der Waals surface area contributed by atoms with Crippen molar-refractivity contribution in [3.05, 3.63) is 21.3 Å². The Morgan fingerprint density at radius 2 is 2.12 bits per heavy atom. The van der Waals surface area contributed by atoms with Gasteiger partial charge in [0.1, 0.15) is 5.51 Å². The maximum atomic E-state index is 12.1. The topological polar surface area (TPSA) is 85.6 Å². The van der Waals surface area contributed by atoms with Crippen LogP contribution in [0, 0.1) is 6.92 Å². The molecule has 0 unspecified atom stereocenters. The smallest absolute Gasteiger partial charge is 0.236 e. The van der Waals surface area contributed by atoms with Crippen molar-refractivity contribution >= 4 is 45.5 Å². The zero-order chi connectivity index (χ0) is 18.5. The second-order valence-electron chi connectivity index (χ2n) is 5.58. The summed E-state index contributed by atoms with van der Waals surface area (Å²) < 4.78 is 2.11. The molecule has 1 N–H and O–H groups in total. The number of nitrogens with zero attached hydrogens (tertiary/aromatic N) is 5. The molecule has 3 aromatic heterocycles. The van der Waals surface area contributed by atoms with Crippen LogP contribution in [0.5, 0.6) is 0 Å². The molecule has 138 valence electrons. The number of hydrogen-bond donors (Lipinski definition) is 1. The summed E-state index contributed by atoms with van der Waals surface area (Å²) in [5, 5.41) is 22.5. The van der Waals surface area contributed by atoms with E-state index in [1.165, 1.54) is 33.5 Å². The van der Waals surface area contributed by atoms with E-state index in [1.807, 2.05) is 0 Å². The first-order valence-electron chi connectivity index (χ1n) is 8.33. The van der Waals surface area contributed by atoms with E-state index in [-0.39, 0.29) is 11.7 Å². The minimum Gasteiger partial charge on any atom is -0.302 e. The molecular weight excluding hydrogens is 388 g/mol. The summed E-state index contributed by atoms with van der Waals surface area (Å²) in [6, 6.07) is 0. The normalized spacial score (nSPS) is 11.0. The number of hydrogen-bond acceptors (Lipinski definition) is 8. The third kappa shape index (κ3) is 4.13. The molecule has 26 heavy (non-hydrogen) atoms. The molecule has 7 nitrogen and oxygen atoms in total. The molecule has 0 radical (unpaired) electrons. The Balaban J connectivity index is 1.77. The molecule has 3 rings (SSSR count). The number of carbonyl (C=O) groups is 1. The highest BCUT2D eigenvalue weighted by molar-refractivity contribution is 7.99. The van der Waals surface area contributed by atoms with E-state index in [0.29, 0.717) is 5.13 Å². The first kappa shape index (κ1) is 19.0. The van der Waals surface area contributed by atoms with Crippen LogP contribution >= 0.6 is 34.4 Å². The van der Waals surface area contributed by atoms with E-state index >= 15 is 0 Å². The van der Waals surface area contributed by atoms with Crippen molar-refractivity contribution in [2.45, 2.75) is 45.3 Å². The Morgan fingerprint density at radius 1 is 1.27 bits per heavy atom. The number of thiophene rings is 1. The van der Waals surface area contributed by atoms with Gasteiger partial charge < -0.3 is 4.57 Å². The SMILES string of the molecule is CCCn1c(SCC(=O)Nc2nncs2)nnc1-c1csc(C)c1CC. The highest BCUT2D eigenvalue weighted by Crippen LogP contribution is 2.32. The molecule has 0 saturated carbocycles. The van der Waals surface area contributed by atoms with Gasteiger partial charge in [-0.3, -0.25) is 10.1 Å². The van der Waals surface area contributed by atoms with Crippen molar-refractivity contribution in [1.82, 2.24) is 25.0 Å². The first-order chi connectivity index (χ1) is 12.6. The van der Waals surface area contributed by atoms with Crippen LogP contribution in [0.25, 0.3) is 11.4 Å². The number of aromatic nitrogens is 5. The lowest BCUT2D eigenvalue weighted by molar-refractivity contribution is -0.113. The van der Waals surface area contributed by atoms with Gasteiger partial charge in [-0.2, -0.15) is 0 Å². The van der Waals surface area contributed by atoms with Crippen molar-refractivity contribution in [2.75, 3.05) is 11.1 Å². The molecule has 0 aliphatic heterocycles. The van der Waals surface area contributed by atoms with Gasteiger partial charge in [-0.25, -0.2) is 0 Å². The molecule has 0 saturated heterocycles. The number of amides is 1. The van der Waals surface area contributed by atoms with E-state index in [1.54, 1.807) is 16.8 Å². The van der Waals surface area contributed by atoms with E-state index < -0.39 is 0 Å². The van der Waals surface area contributed by atoms with Gasteiger partial charge in [-0.15, -0.1) is 31.7 Å². The summed E-state index contributed by atoms with van der Waals surface area (Å²) in [6.07, 6.45) is 1.94. The molecule has 0 aliphatic rings. The van der Waals surface area contributed by atoms with E-state index in [0.717, 1.165) is 35.9 Å². The fourth-order valence-corrected chi connectivity index (χ4v) is 4.80. The van der Waals surface area contributed by atoms with Crippen LogP contribution in [0.15, 0.2) is 16.0 Å². The summed E-state index contributed by atoms with van der Waals surface area (Å²) in [5.74, 6) is 1.02. The zero-order valence-corrected chi connectivity index (χ0v) is 17.3. The van der Waals surface area contributed by atoms with E-state index in [2.05, 4.69) is 56.4 Å². The molecule has 3 heterocycles. The fraction of sp³-hybridized carbons (Fsp3) is 0.438. The van der Waals surface area contributed by atoms with Crippen molar-refractivity contribution in [1.29, 1.82) is 0 Å². The quantitative estimate of drug-likeness (QED) is 0.570.